The van der Waals surface area contributed by atoms with Crippen molar-refractivity contribution in [3.8, 4) is 0 Å². The number of rotatable bonds is 15. The molecule has 42 heavy (non-hydrogen) atoms. The number of carbonyl (C=O) groups excluding carboxylic acids is 4. The van der Waals surface area contributed by atoms with Gasteiger partial charge < -0.3 is 30.7 Å². The van der Waals surface area contributed by atoms with E-state index in [0.29, 0.717) is 32.1 Å². The summed E-state index contributed by atoms with van der Waals surface area (Å²) in [7, 11) is 0. The summed E-state index contributed by atoms with van der Waals surface area (Å²) in [4.78, 5) is 66.1. The Morgan fingerprint density at radius 3 is 2.00 bits per heavy atom. The molecule has 12 heteroatoms. The van der Waals surface area contributed by atoms with Crippen molar-refractivity contribution < 1.29 is 33.8 Å². The Morgan fingerprint density at radius 1 is 0.833 bits per heavy atom. The second-order valence-corrected chi connectivity index (χ2v) is 10.9. The number of benzene rings is 2. The summed E-state index contributed by atoms with van der Waals surface area (Å²) in [5.74, 6) is -2.92. The third kappa shape index (κ3) is 10.8. The average Bonchev–Trinajstić information content (AvgIpc) is 2.99. The molecule has 0 aliphatic carbocycles. The van der Waals surface area contributed by atoms with Crippen LogP contribution in [-0.2, 0) is 41.6 Å². The van der Waals surface area contributed by atoms with Crippen molar-refractivity contribution in [2.24, 2.45) is 0 Å². The quantitative estimate of drug-likeness (QED) is 0.237. The molecule has 11 nitrogen and oxygen atoms in total. The molecule has 2 aromatic rings. The standard InChI is InChI=1S/C30H38N4O7S/c1-42-17-12-23(31-26(35)19-22-10-6-3-7-11-22)28(38)32-24(20-27(36)37)29(39)33-25(18-21-8-4-2-5-9-21)30(40)34-13-15-41-16-14-34/h2-11,23-25H,12-20H2,1H3,(H,31,35)(H,32,38)(H,33,39)(H,36,37)/t23-,24-,25-/m0/s1. The Balaban J connectivity index is 1.73. The minimum Gasteiger partial charge on any atom is -0.481 e. The monoisotopic (exact) mass is 598 g/mol. The fourth-order valence-corrected chi connectivity index (χ4v) is 4.99. The number of carboxylic acids is 1. The molecule has 2 aromatic carbocycles. The van der Waals surface area contributed by atoms with Gasteiger partial charge in [-0.25, -0.2) is 0 Å². The van der Waals surface area contributed by atoms with Crippen LogP contribution < -0.4 is 16.0 Å². The SMILES string of the molecule is CSCC[C@H](NC(=O)Cc1ccccc1)C(=O)N[C@@H](CC(=O)O)C(=O)N[C@@H](Cc1ccccc1)C(=O)N1CCOCC1. The van der Waals surface area contributed by atoms with Crippen molar-refractivity contribution in [2.45, 2.75) is 43.8 Å². The lowest BCUT2D eigenvalue weighted by atomic mass is 10.0. The summed E-state index contributed by atoms with van der Waals surface area (Å²) in [6.45, 7) is 1.50. The van der Waals surface area contributed by atoms with Crippen molar-refractivity contribution in [1.29, 1.82) is 0 Å². The fourth-order valence-electron chi connectivity index (χ4n) is 4.51. The Bertz CT molecular complexity index is 1190. The van der Waals surface area contributed by atoms with Gasteiger partial charge in [0.1, 0.15) is 18.1 Å². The number of carbonyl (C=O) groups is 5. The van der Waals surface area contributed by atoms with Gasteiger partial charge in [0.25, 0.3) is 0 Å². The molecule has 1 saturated heterocycles. The highest BCUT2D eigenvalue weighted by Crippen LogP contribution is 2.10. The van der Waals surface area contributed by atoms with Gasteiger partial charge in [-0.05, 0) is 29.6 Å². The first-order valence-electron chi connectivity index (χ1n) is 13.8. The number of hydrogen-bond donors (Lipinski definition) is 4. The molecular weight excluding hydrogens is 560 g/mol. The summed E-state index contributed by atoms with van der Waals surface area (Å²) in [5, 5.41) is 17.4. The van der Waals surface area contributed by atoms with E-state index < -0.39 is 42.3 Å². The van der Waals surface area contributed by atoms with Crippen LogP contribution in [0.15, 0.2) is 60.7 Å². The predicted octanol–water partition coefficient (Wildman–Crippen LogP) is 1.01. The molecule has 1 heterocycles. The highest BCUT2D eigenvalue weighted by atomic mass is 32.2. The highest BCUT2D eigenvalue weighted by molar-refractivity contribution is 7.98. The van der Waals surface area contributed by atoms with E-state index in [1.165, 1.54) is 11.8 Å². The maximum atomic E-state index is 13.4. The largest absolute Gasteiger partial charge is 0.481 e. The normalized spacial score (nSPS) is 15.1. The summed E-state index contributed by atoms with van der Waals surface area (Å²) in [5.41, 5.74) is 1.58. The number of aliphatic carboxylic acids is 1. The molecule has 1 aliphatic heterocycles. The maximum absolute atomic E-state index is 13.4. The molecule has 3 atom stereocenters. The number of ether oxygens (including phenoxy) is 1. The summed E-state index contributed by atoms with van der Waals surface area (Å²) in [6, 6.07) is 14.8. The molecule has 0 aromatic heterocycles. The van der Waals surface area contributed by atoms with Crippen LogP contribution in [0.2, 0.25) is 0 Å². The molecule has 226 valence electrons. The van der Waals surface area contributed by atoms with Gasteiger partial charge in [0, 0.05) is 19.5 Å². The van der Waals surface area contributed by atoms with Crippen LogP contribution in [0.3, 0.4) is 0 Å². The molecule has 4 N–H and O–H groups in total. The number of hydrogen-bond acceptors (Lipinski definition) is 7. The molecule has 0 spiro atoms. The number of nitrogens with zero attached hydrogens (tertiary/aromatic N) is 1. The lowest BCUT2D eigenvalue weighted by molar-refractivity contribution is -0.142. The van der Waals surface area contributed by atoms with Crippen molar-refractivity contribution in [3.63, 3.8) is 0 Å². The first-order valence-corrected chi connectivity index (χ1v) is 15.2. The van der Waals surface area contributed by atoms with E-state index in [9.17, 15) is 29.1 Å². The predicted molar refractivity (Wildman–Crippen MR) is 159 cm³/mol. The van der Waals surface area contributed by atoms with Gasteiger partial charge in [-0.2, -0.15) is 11.8 Å². The summed E-state index contributed by atoms with van der Waals surface area (Å²) < 4.78 is 5.34. The molecule has 0 unspecified atom stereocenters. The number of nitrogens with one attached hydrogen (secondary N) is 3. The van der Waals surface area contributed by atoms with Crippen LogP contribution in [0.25, 0.3) is 0 Å². The second-order valence-electron chi connectivity index (χ2n) is 9.91. The van der Waals surface area contributed by atoms with Crippen LogP contribution in [0, 0.1) is 0 Å². The molecule has 0 bridgehead atoms. The zero-order chi connectivity index (χ0) is 30.3. The van der Waals surface area contributed by atoms with Gasteiger partial charge >= 0.3 is 5.97 Å². The lowest BCUT2D eigenvalue weighted by Gasteiger charge is -2.31. The van der Waals surface area contributed by atoms with Crippen LogP contribution >= 0.6 is 11.8 Å². The van der Waals surface area contributed by atoms with Crippen molar-refractivity contribution in [3.05, 3.63) is 71.8 Å². The molecule has 0 radical (unpaired) electrons. The third-order valence-electron chi connectivity index (χ3n) is 6.70. The molecular formula is C30H38N4O7S. The number of thioether (sulfide) groups is 1. The Kier molecular flexibility index (Phi) is 13.3. The fraction of sp³-hybridized carbons (Fsp3) is 0.433. The molecule has 1 fully saturated rings. The van der Waals surface area contributed by atoms with E-state index in [-0.39, 0.29) is 31.1 Å². The van der Waals surface area contributed by atoms with Crippen LogP contribution in [-0.4, -0.2) is 96.0 Å². The van der Waals surface area contributed by atoms with Gasteiger partial charge in [-0.3, -0.25) is 24.0 Å². The minimum atomic E-state index is -1.46. The minimum absolute atomic E-state index is 0.0632. The van der Waals surface area contributed by atoms with Crippen molar-refractivity contribution in [1.82, 2.24) is 20.9 Å². The first kappa shape index (κ1) is 32.6. The Labute approximate surface area is 249 Å². The van der Waals surface area contributed by atoms with E-state index in [1.807, 2.05) is 54.8 Å². The Hall–Kier alpha value is -3.90. The molecule has 4 amide bonds. The van der Waals surface area contributed by atoms with Gasteiger partial charge in [-0.15, -0.1) is 0 Å². The molecule has 1 aliphatic rings. The zero-order valence-electron chi connectivity index (χ0n) is 23.6. The van der Waals surface area contributed by atoms with E-state index >= 15 is 0 Å². The topological polar surface area (TPSA) is 154 Å². The smallest absolute Gasteiger partial charge is 0.305 e. The molecule has 0 saturated carbocycles. The highest BCUT2D eigenvalue weighted by Gasteiger charge is 2.33. The maximum Gasteiger partial charge on any atom is 0.305 e. The van der Waals surface area contributed by atoms with E-state index in [4.69, 9.17) is 4.74 Å². The van der Waals surface area contributed by atoms with E-state index in [1.54, 1.807) is 17.0 Å². The Morgan fingerprint density at radius 2 is 1.40 bits per heavy atom. The first-order chi connectivity index (χ1) is 20.3. The summed E-state index contributed by atoms with van der Waals surface area (Å²) in [6.07, 6.45) is 1.69. The van der Waals surface area contributed by atoms with Crippen molar-refractivity contribution >= 4 is 41.4 Å². The third-order valence-corrected chi connectivity index (χ3v) is 7.35. The van der Waals surface area contributed by atoms with Gasteiger partial charge in [0.05, 0.1) is 26.1 Å². The van der Waals surface area contributed by atoms with Crippen LogP contribution in [0.4, 0.5) is 0 Å². The van der Waals surface area contributed by atoms with Crippen molar-refractivity contribution in [2.75, 3.05) is 38.3 Å². The van der Waals surface area contributed by atoms with Gasteiger partial charge in [0.2, 0.25) is 23.6 Å². The number of amides is 4. The second kappa shape index (κ2) is 17.1. The van der Waals surface area contributed by atoms with Gasteiger partial charge in [0.15, 0.2) is 0 Å². The average molecular weight is 599 g/mol. The molecule has 3 rings (SSSR count). The van der Waals surface area contributed by atoms with Crippen LogP contribution in [0.1, 0.15) is 24.0 Å². The van der Waals surface area contributed by atoms with E-state index in [2.05, 4.69) is 16.0 Å². The van der Waals surface area contributed by atoms with Gasteiger partial charge in [-0.1, -0.05) is 60.7 Å². The lowest BCUT2D eigenvalue weighted by Crippen LogP contribution is -2.58. The van der Waals surface area contributed by atoms with E-state index in [0.717, 1.165) is 11.1 Å². The number of morpholine rings is 1. The zero-order valence-corrected chi connectivity index (χ0v) is 24.4. The number of carboxylic acid groups (broad SMARTS) is 1. The summed E-state index contributed by atoms with van der Waals surface area (Å²) >= 11 is 1.48. The van der Waals surface area contributed by atoms with Crippen LogP contribution in [0.5, 0.6) is 0 Å².